The summed E-state index contributed by atoms with van der Waals surface area (Å²) in [5.74, 6) is -0.0113. The van der Waals surface area contributed by atoms with Crippen LogP contribution in [-0.4, -0.2) is 5.91 Å². The van der Waals surface area contributed by atoms with E-state index in [0.29, 0.717) is 6.54 Å². The zero-order valence-corrected chi connectivity index (χ0v) is 12.3. The maximum Gasteiger partial charge on any atom is 0.252 e. The van der Waals surface area contributed by atoms with Crippen molar-refractivity contribution in [1.29, 1.82) is 0 Å². The van der Waals surface area contributed by atoms with Gasteiger partial charge in [-0.1, -0.05) is 12.1 Å². The van der Waals surface area contributed by atoms with Crippen LogP contribution in [0.25, 0.3) is 0 Å². The highest BCUT2D eigenvalue weighted by Gasteiger charge is 2.09. The van der Waals surface area contributed by atoms with E-state index in [1.54, 1.807) is 11.3 Å². The van der Waals surface area contributed by atoms with Crippen molar-refractivity contribution in [2.75, 3.05) is 0 Å². The number of hydrogen-bond donors (Lipinski definition) is 1. The Hall–Kier alpha value is -0.880. The number of thiophene rings is 1. The highest BCUT2D eigenvalue weighted by Crippen LogP contribution is 2.16. The zero-order valence-electron chi connectivity index (χ0n) is 9.37. The lowest BCUT2D eigenvalue weighted by Gasteiger charge is -2.06. The molecule has 2 rings (SSSR count). The smallest absolute Gasteiger partial charge is 0.252 e. The Morgan fingerprint density at radius 2 is 2.12 bits per heavy atom. The van der Waals surface area contributed by atoms with Crippen molar-refractivity contribution in [3.05, 3.63) is 55.3 Å². The number of carbonyl (C=O) groups is 1. The number of amides is 1. The Balaban J connectivity index is 2.04. The van der Waals surface area contributed by atoms with Gasteiger partial charge >= 0.3 is 0 Å². The molecular weight excluding hydrogens is 345 g/mol. The summed E-state index contributed by atoms with van der Waals surface area (Å²) in [4.78, 5) is 13.2. The summed E-state index contributed by atoms with van der Waals surface area (Å²) < 4.78 is 0.977. The van der Waals surface area contributed by atoms with Crippen molar-refractivity contribution in [2.45, 2.75) is 13.5 Å². The van der Waals surface area contributed by atoms with Gasteiger partial charge in [-0.05, 0) is 58.7 Å². The van der Waals surface area contributed by atoms with E-state index >= 15 is 0 Å². The van der Waals surface area contributed by atoms with Crippen LogP contribution >= 0.6 is 33.9 Å². The quantitative estimate of drug-likeness (QED) is 0.836. The van der Waals surface area contributed by atoms with E-state index in [1.807, 2.05) is 29.6 Å². The van der Waals surface area contributed by atoms with Crippen molar-refractivity contribution in [3.8, 4) is 0 Å². The van der Waals surface area contributed by atoms with Crippen LogP contribution in [0.15, 0.2) is 35.7 Å². The second kappa shape index (κ2) is 5.64. The van der Waals surface area contributed by atoms with Crippen molar-refractivity contribution in [1.82, 2.24) is 5.32 Å². The van der Waals surface area contributed by atoms with Gasteiger partial charge < -0.3 is 5.32 Å². The third-order valence-electron chi connectivity index (χ3n) is 2.50. The Bertz CT molecular complexity index is 536. The van der Waals surface area contributed by atoms with Crippen LogP contribution in [-0.2, 0) is 6.54 Å². The first-order valence-corrected chi connectivity index (χ1v) is 7.20. The minimum Gasteiger partial charge on any atom is -0.347 e. The number of aryl methyl sites for hydroxylation is 1. The molecule has 4 heteroatoms. The van der Waals surface area contributed by atoms with Gasteiger partial charge in [0.1, 0.15) is 0 Å². The fourth-order valence-electron chi connectivity index (χ4n) is 1.49. The van der Waals surface area contributed by atoms with Crippen LogP contribution in [0.5, 0.6) is 0 Å². The van der Waals surface area contributed by atoms with Gasteiger partial charge in [0.2, 0.25) is 0 Å². The maximum absolute atomic E-state index is 12.0. The van der Waals surface area contributed by atoms with Gasteiger partial charge in [0.15, 0.2) is 0 Å². The highest BCUT2D eigenvalue weighted by atomic mass is 127. The molecule has 0 bridgehead atoms. The Morgan fingerprint density at radius 3 is 2.76 bits per heavy atom. The number of benzene rings is 1. The fraction of sp³-hybridized carbons (Fsp3) is 0.154. The average Bonchev–Trinajstić information content (AvgIpc) is 2.72. The predicted octanol–water partition coefficient (Wildman–Crippen LogP) is 3.59. The second-order valence-electron chi connectivity index (χ2n) is 3.69. The lowest BCUT2D eigenvalue weighted by atomic mass is 10.2. The van der Waals surface area contributed by atoms with Crippen LogP contribution < -0.4 is 5.32 Å². The van der Waals surface area contributed by atoms with Crippen LogP contribution in [0.1, 0.15) is 20.8 Å². The highest BCUT2D eigenvalue weighted by molar-refractivity contribution is 14.1. The predicted molar refractivity (Wildman–Crippen MR) is 79.4 cm³/mol. The van der Waals surface area contributed by atoms with Gasteiger partial charge in [0.05, 0.1) is 12.1 Å². The molecule has 0 aliphatic carbocycles. The summed E-state index contributed by atoms with van der Waals surface area (Å²) in [5, 5.41) is 4.99. The molecule has 0 saturated heterocycles. The van der Waals surface area contributed by atoms with E-state index in [-0.39, 0.29) is 5.91 Å². The lowest BCUT2D eigenvalue weighted by molar-refractivity contribution is 0.0950. The molecule has 1 amide bonds. The van der Waals surface area contributed by atoms with E-state index in [4.69, 9.17) is 0 Å². The summed E-state index contributed by atoms with van der Waals surface area (Å²) >= 11 is 3.85. The standard InChI is InChI=1S/C13H12INOS/c1-9-6-7-17-12(9)8-15-13(16)10-4-2-3-5-11(10)14/h2-7H,8H2,1H3,(H,15,16). The molecule has 0 atom stereocenters. The molecule has 1 N–H and O–H groups in total. The van der Waals surface area contributed by atoms with Crippen LogP contribution in [0.3, 0.4) is 0 Å². The molecular formula is C13H12INOS. The zero-order chi connectivity index (χ0) is 12.3. The first-order valence-electron chi connectivity index (χ1n) is 5.24. The molecule has 1 aromatic heterocycles. The van der Waals surface area contributed by atoms with Crippen molar-refractivity contribution >= 4 is 39.8 Å². The molecule has 1 aromatic carbocycles. The van der Waals surface area contributed by atoms with Crippen LogP contribution in [0.4, 0.5) is 0 Å². The molecule has 0 fully saturated rings. The third kappa shape index (κ3) is 3.07. The first-order chi connectivity index (χ1) is 8.18. The van der Waals surface area contributed by atoms with Crippen LogP contribution in [0, 0.1) is 10.5 Å². The number of halogens is 1. The van der Waals surface area contributed by atoms with Crippen molar-refractivity contribution in [2.24, 2.45) is 0 Å². The number of carbonyl (C=O) groups excluding carboxylic acids is 1. The van der Waals surface area contributed by atoms with Gasteiger partial charge in [-0.15, -0.1) is 11.3 Å². The molecule has 1 heterocycles. The fourth-order valence-corrected chi connectivity index (χ4v) is 2.96. The average molecular weight is 357 g/mol. The summed E-state index contributed by atoms with van der Waals surface area (Å²) in [6.45, 7) is 2.66. The minimum absolute atomic E-state index is 0.0113. The molecule has 0 radical (unpaired) electrons. The summed E-state index contributed by atoms with van der Waals surface area (Å²) in [6, 6.07) is 9.66. The van der Waals surface area contributed by atoms with Crippen molar-refractivity contribution < 1.29 is 4.79 Å². The molecule has 0 unspecified atom stereocenters. The summed E-state index contributed by atoms with van der Waals surface area (Å²) in [6.07, 6.45) is 0. The SMILES string of the molecule is Cc1ccsc1CNC(=O)c1ccccc1I. The number of nitrogens with one attached hydrogen (secondary N) is 1. The Morgan fingerprint density at radius 1 is 1.35 bits per heavy atom. The number of hydrogen-bond acceptors (Lipinski definition) is 2. The van der Waals surface area contributed by atoms with E-state index in [2.05, 4.69) is 40.9 Å². The molecule has 0 aliphatic rings. The van der Waals surface area contributed by atoms with Gasteiger partial charge in [-0.25, -0.2) is 0 Å². The third-order valence-corrected chi connectivity index (χ3v) is 4.46. The largest absolute Gasteiger partial charge is 0.347 e. The molecule has 0 saturated carbocycles. The van der Waals surface area contributed by atoms with Gasteiger partial charge in [0, 0.05) is 8.45 Å². The van der Waals surface area contributed by atoms with E-state index < -0.39 is 0 Å². The second-order valence-corrected chi connectivity index (χ2v) is 5.85. The van der Waals surface area contributed by atoms with E-state index in [0.717, 1.165) is 9.13 Å². The van der Waals surface area contributed by atoms with Gasteiger partial charge in [-0.2, -0.15) is 0 Å². The Labute approximate surface area is 118 Å². The molecule has 88 valence electrons. The molecule has 2 nitrogen and oxygen atoms in total. The lowest BCUT2D eigenvalue weighted by Crippen LogP contribution is -2.23. The number of rotatable bonds is 3. The Kier molecular flexibility index (Phi) is 4.17. The van der Waals surface area contributed by atoms with Crippen LogP contribution in [0.2, 0.25) is 0 Å². The normalized spacial score (nSPS) is 10.2. The summed E-state index contributed by atoms with van der Waals surface area (Å²) in [7, 11) is 0. The molecule has 17 heavy (non-hydrogen) atoms. The monoisotopic (exact) mass is 357 g/mol. The van der Waals surface area contributed by atoms with E-state index in [1.165, 1.54) is 10.4 Å². The van der Waals surface area contributed by atoms with E-state index in [9.17, 15) is 4.79 Å². The molecule has 2 aromatic rings. The minimum atomic E-state index is -0.0113. The first kappa shape index (κ1) is 12.6. The topological polar surface area (TPSA) is 29.1 Å². The molecule has 0 spiro atoms. The molecule has 0 aliphatic heterocycles. The van der Waals surface area contributed by atoms with Gasteiger partial charge in [-0.3, -0.25) is 4.79 Å². The maximum atomic E-state index is 12.0. The van der Waals surface area contributed by atoms with Crippen molar-refractivity contribution in [3.63, 3.8) is 0 Å². The summed E-state index contributed by atoms with van der Waals surface area (Å²) in [5.41, 5.74) is 1.97. The van der Waals surface area contributed by atoms with Gasteiger partial charge in [0.25, 0.3) is 5.91 Å².